The van der Waals surface area contributed by atoms with Gasteiger partial charge in [0.15, 0.2) is 0 Å². The molecule has 0 heterocycles. The lowest BCUT2D eigenvalue weighted by atomic mass is 9.83. The van der Waals surface area contributed by atoms with Crippen LogP contribution in [0.3, 0.4) is 0 Å². The highest BCUT2D eigenvalue weighted by molar-refractivity contribution is 5.29. The lowest BCUT2D eigenvalue weighted by Crippen LogP contribution is -2.06. The highest BCUT2D eigenvalue weighted by Gasteiger charge is 2.15. The first-order valence-corrected chi connectivity index (χ1v) is 8.27. The molecule has 0 nitrogen and oxygen atoms in total. The van der Waals surface area contributed by atoms with Crippen LogP contribution >= 0.6 is 0 Å². The standard InChI is InChI=1S/C16H24.2C2H6.2CH4/c1-6-15(11-14(5)12(2)3)16-10-8-7-9-13(16)4;2*1-2;;/h7-10,14-15H,2,6,11H2,1,3-5H3;2*1-2H3;2*1H4. The molecule has 2 atom stereocenters. The van der Waals surface area contributed by atoms with Crippen LogP contribution in [0.2, 0.25) is 0 Å². The predicted octanol–water partition coefficient (Wildman–Crippen LogP) is 8.42. The van der Waals surface area contributed by atoms with Crippen LogP contribution in [-0.4, -0.2) is 0 Å². The zero-order valence-electron chi connectivity index (χ0n) is 15.1. The highest BCUT2D eigenvalue weighted by Crippen LogP contribution is 2.31. The van der Waals surface area contributed by atoms with Crippen molar-refractivity contribution in [2.45, 2.75) is 89.0 Å². The molecule has 0 spiro atoms. The molecule has 0 saturated heterocycles. The summed E-state index contributed by atoms with van der Waals surface area (Å²) in [6, 6.07) is 8.75. The molecule has 1 rings (SSSR count). The SMILES string of the molecule is C.C.C=C(C)C(C)CC(CC)c1ccccc1C.CC.CC. The lowest BCUT2D eigenvalue weighted by Gasteiger charge is -2.22. The van der Waals surface area contributed by atoms with Crippen molar-refractivity contribution in [2.24, 2.45) is 5.92 Å². The van der Waals surface area contributed by atoms with E-state index in [0.29, 0.717) is 11.8 Å². The van der Waals surface area contributed by atoms with Crippen molar-refractivity contribution in [1.29, 1.82) is 0 Å². The molecule has 0 radical (unpaired) electrons. The fourth-order valence-electron chi connectivity index (χ4n) is 2.19. The number of allylic oxidation sites excluding steroid dienone is 1. The quantitative estimate of drug-likeness (QED) is 0.479. The minimum absolute atomic E-state index is 0. The molecule has 0 aliphatic rings. The Morgan fingerprint density at radius 2 is 1.50 bits per heavy atom. The van der Waals surface area contributed by atoms with Gasteiger partial charge in [0.25, 0.3) is 0 Å². The summed E-state index contributed by atoms with van der Waals surface area (Å²) in [4.78, 5) is 0. The first kappa shape index (κ1) is 29.0. The minimum atomic E-state index is 0. The summed E-state index contributed by atoms with van der Waals surface area (Å²) in [6.07, 6.45) is 2.43. The predicted molar refractivity (Wildman–Crippen MR) is 109 cm³/mol. The lowest BCUT2D eigenvalue weighted by molar-refractivity contribution is 0.506. The zero-order chi connectivity index (χ0) is 16.1. The molecule has 0 bridgehead atoms. The van der Waals surface area contributed by atoms with Gasteiger partial charge in [-0.05, 0) is 49.7 Å². The maximum absolute atomic E-state index is 4.06. The Kier molecular flexibility index (Phi) is 23.8. The van der Waals surface area contributed by atoms with Gasteiger partial charge in [0.2, 0.25) is 0 Å². The van der Waals surface area contributed by atoms with Gasteiger partial charge in [-0.3, -0.25) is 0 Å². The summed E-state index contributed by atoms with van der Waals surface area (Å²) in [7, 11) is 0. The van der Waals surface area contributed by atoms with Gasteiger partial charge in [-0.25, -0.2) is 0 Å². The van der Waals surface area contributed by atoms with E-state index in [1.807, 2.05) is 27.7 Å². The van der Waals surface area contributed by atoms with Crippen LogP contribution in [0.15, 0.2) is 36.4 Å². The van der Waals surface area contributed by atoms with E-state index in [-0.39, 0.29) is 14.9 Å². The van der Waals surface area contributed by atoms with E-state index < -0.39 is 0 Å². The van der Waals surface area contributed by atoms with Crippen molar-refractivity contribution in [3.05, 3.63) is 47.5 Å². The molecule has 0 N–H and O–H groups in total. The number of hydrogen-bond donors (Lipinski definition) is 0. The molecule has 0 saturated carbocycles. The smallest absolute Gasteiger partial charge is 0.0156 e. The normalized spacial score (nSPS) is 11.1. The van der Waals surface area contributed by atoms with Gasteiger partial charge >= 0.3 is 0 Å². The van der Waals surface area contributed by atoms with Gasteiger partial charge in [-0.1, -0.05) is 92.8 Å². The van der Waals surface area contributed by atoms with Crippen LogP contribution in [0.4, 0.5) is 0 Å². The second-order valence-electron chi connectivity index (χ2n) is 4.94. The third-order valence-electron chi connectivity index (χ3n) is 3.60. The summed E-state index contributed by atoms with van der Waals surface area (Å²) in [5.41, 5.74) is 4.23. The Bertz CT molecular complexity index is 349. The average Bonchev–Trinajstić information content (AvgIpc) is 2.49. The van der Waals surface area contributed by atoms with E-state index in [1.165, 1.54) is 29.5 Å². The van der Waals surface area contributed by atoms with Gasteiger partial charge in [0.1, 0.15) is 0 Å². The third-order valence-corrected chi connectivity index (χ3v) is 3.60. The van der Waals surface area contributed by atoms with Crippen LogP contribution in [0.25, 0.3) is 0 Å². The van der Waals surface area contributed by atoms with Gasteiger partial charge < -0.3 is 0 Å². The number of benzene rings is 1. The fourth-order valence-corrected chi connectivity index (χ4v) is 2.19. The second-order valence-corrected chi connectivity index (χ2v) is 4.94. The topological polar surface area (TPSA) is 0 Å². The summed E-state index contributed by atoms with van der Waals surface area (Å²) >= 11 is 0. The van der Waals surface area contributed by atoms with Crippen molar-refractivity contribution in [3.63, 3.8) is 0 Å². The average molecular weight is 309 g/mol. The van der Waals surface area contributed by atoms with Crippen LogP contribution < -0.4 is 0 Å². The molecule has 132 valence electrons. The molecule has 0 aromatic heterocycles. The van der Waals surface area contributed by atoms with Gasteiger partial charge in [-0.2, -0.15) is 0 Å². The van der Waals surface area contributed by atoms with E-state index in [4.69, 9.17) is 0 Å². The van der Waals surface area contributed by atoms with E-state index in [9.17, 15) is 0 Å². The van der Waals surface area contributed by atoms with Crippen molar-refractivity contribution in [2.75, 3.05) is 0 Å². The molecule has 0 amide bonds. The molecule has 0 aliphatic carbocycles. The summed E-state index contributed by atoms with van der Waals surface area (Å²) in [5, 5.41) is 0. The fraction of sp³-hybridized carbons (Fsp3) is 0.636. The Labute approximate surface area is 143 Å². The van der Waals surface area contributed by atoms with Crippen molar-refractivity contribution < 1.29 is 0 Å². The summed E-state index contributed by atoms with van der Waals surface area (Å²) in [6.45, 7) is 21.0. The minimum Gasteiger partial charge on any atom is -0.0999 e. The molecule has 22 heavy (non-hydrogen) atoms. The van der Waals surface area contributed by atoms with Crippen LogP contribution in [0.5, 0.6) is 0 Å². The van der Waals surface area contributed by atoms with Gasteiger partial charge in [0, 0.05) is 0 Å². The molecular formula is C22H44. The van der Waals surface area contributed by atoms with E-state index in [1.54, 1.807) is 0 Å². The van der Waals surface area contributed by atoms with Crippen molar-refractivity contribution in [1.82, 2.24) is 0 Å². The maximum Gasteiger partial charge on any atom is -0.0156 e. The zero-order valence-corrected chi connectivity index (χ0v) is 15.1. The molecule has 1 aromatic rings. The Hall–Kier alpha value is -1.04. The van der Waals surface area contributed by atoms with Crippen molar-refractivity contribution >= 4 is 0 Å². The molecule has 0 fully saturated rings. The second kappa shape index (κ2) is 18.0. The van der Waals surface area contributed by atoms with Gasteiger partial charge in [-0.15, -0.1) is 0 Å². The first-order valence-electron chi connectivity index (χ1n) is 8.27. The van der Waals surface area contributed by atoms with Crippen LogP contribution in [0, 0.1) is 12.8 Å². The molecule has 2 unspecified atom stereocenters. The maximum atomic E-state index is 4.06. The Balaban J connectivity index is -0.000000249. The third kappa shape index (κ3) is 10.7. The molecule has 0 heteroatoms. The highest BCUT2D eigenvalue weighted by atomic mass is 14.2. The Morgan fingerprint density at radius 1 is 1.05 bits per heavy atom. The Morgan fingerprint density at radius 3 is 1.86 bits per heavy atom. The monoisotopic (exact) mass is 308 g/mol. The van der Waals surface area contributed by atoms with Gasteiger partial charge in [0.05, 0.1) is 0 Å². The molecule has 1 aromatic carbocycles. The van der Waals surface area contributed by atoms with Crippen LogP contribution in [-0.2, 0) is 0 Å². The largest absolute Gasteiger partial charge is 0.0999 e. The number of rotatable bonds is 5. The van der Waals surface area contributed by atoms with E-state index in [2.05, 4.69) is 58.5 Å². The summed E-state index contributed by atoms with van der Waals surface area (Å²) in [5.74, 6) is 1.29. The molecule has 0 aliphatic heterocycles. The van der Waals surface area contributed by atoms with E-state index >= 15 is 0 Å². The first-order chi connectivity index (χ1) is 9.56. The van der Waals surface area contributed by atoms with Crippen LogP contribution in [0.1, 0.15) is 93.2 Å². The summed E-state index contributed by atoms with van der Waals surface area (Å²) < 4.78 is 0. The van der Waals surface area contributed by atoms with Crippen molar-refractivity contribution in [3.8, 4) is 0 Å². The number of hydrogen-bond acceptors (Lipinski definition) is 0. The number of aryl methyl sites for hydroxylation is 1. The van der Waals surface area contributed by atoms with E-state index in [0.717, 1.165) is 0 Å². The molecular weight excluding hydrogens is 264 g/mol.